The van der Waals surface area contributed by atoms with Gasteiger partial charge >= 0.3 is 0 Å². The summed E-state index contributed by atoms with van der Waals surface area (Å²) in [4.78, 5) is 12.3. The molecular formula is C21H22ClN3O. The van der Waals surface area contributed by atoms with Crippen LogP contribution in [0.4, 0.5) is 11.4 Å². The smallest absolute Gasteiger partial charge is 0.267 e. The molecule has 2 N–H and O–H groups in total. The van der Waals surface area contributed by atoms with Crippen molar-refractivity contribution in [1.29, 1.82) is 5.26 Å². The van der Waals surface area contributed by atoms with E-state index in [-0.39, 0.29) is 5.57 Å². The SMILES string of the molecule is Cc1cc(C)c(N/C=C(/C#N)C(=O)Nc2ccc(C(C)C)cc2)c(Cl)c1. The molecule has 26 heavy (non-hydrogen) atoms. The van der Waals surface area contributed by atoms with E-state index in [0.717, 1.165) is 11.1 Å². The molecule has 134 valence electrons. The molecule has 0 aromatic heterocycles. The topological polar surface area (TPSA) is 64.9 Å². The average Bonchev–Trinajstić information content (AvgIpc) is 2.57. The normalized spacial score (nSPS) is 11.2. The van der Waals surface area contributed by atoms with Gasteiger partial charge in [0.25, 0.3) is 5.91 Å². The highest BCUT2D eigenvalue weighted by Crippen LogP contribution is 2.27. The third-order valence-corrected chi connectivity index (χ3v) is 4.29. The number of carbonyl (C=O) groups excluding carboxylic acids is 1. The Morgan fingerprint density at radius 3 is 2.38 bits per heavy atom. The highest BCUT2D eigenvalue weighted by molar-refractivity contribution is 6.33. The van der Waals surface area contributed by atoms with Gasteiger partial charge in [-0.25, -0.2) is 0 Å². The number of nitrogens with one attached hydrogen (secondary N) is 2. The van der Waals surface area contributed by atoms with Gasteiger partial charge in [0.05, 0.1) is 10.7 Å². The van der Waals surface area contributed by atoms with Crippen LogP contribution in [0.2, 0.25) is 5.02 Å². The number of aryl methyl sites for hydroxylation is 2. The Morgan fingerprint density at radius 2 is 1.85 bits per heavy atom. The highest BCUT2D eigenvalue weighted by atomic mass is 35.5. The minimum atomic E-state index is -0.474. The lowest BCUT2D eigenvalue weighted by atomic mass is 10.0. The lowest BCUT2D eigenvalue weighted by molar-refractivity contribution is -0.112. The first-order valence-electron chi connectivity index (χ1n) is 8.36. The molecule has 0 heterocycles. The van der Waals surface area contributed by atoms with E-state index < -0.39 is 5.91 Å². The summed E-state index contributed by atoms with van der Waals surface area (Å²) in [6, 6.07) is 13.3. The van der Waals surface area contributed by atoms with Gasteiger partial charge in [0.2, 0.25) is 0 Å². The first kappa shape index (κ1) is 19.6. The van der Waals surface area contributed by atoms with Crippen molar-refractivity contribution in [2.24, 2.45) is 0 Å². The number of rotatable bonds is 5. The van der Waals surface area contributed by atoms with Crippen molar-refractivity contribution in [1.82, 2.24) is 0 Å². The van der Waals surface area contributed by atoms with Gasteiger partial charge in [0, 0.05) is 11.9 Å². The molecule has 0 fully saturated rings. The van der Waals surface area contributed by atoms with Crippen LogP contribution in [0.15, 0.2) is 48.2 Å². The van der Waals surface area contributed by atoms with Gasteiger partial charge in [-0.2, -0.15) is 5.26 Å². The molecule has 0 saturated carbocycles. The summed E-state index contributed by atoms with van der Waals surface area (Å²) in [7, 11) is 0. The van der Waals surface area contributed by atoms with Crippen molar-refractivity contribution in [3.8, 4) is 6.07 Å². The number of nitrogens with zero attached hydrogens (tertiary/aromatic N) is 1. The number of hydrogen-bond acceptors (Lipinski definition) is 3. The Kier molecular flexibility index (Phi) is 6.43. The van der Waals surface area contributed by atoms with Crippen molar-refractivity contribution < 1.29 is 4.79 Å². The van der Waals surface area contributed by atoms with E-state index in [2.05, 4.69) is 24.5 Å². The maximum Gasteiger partial charge on any atom is 0.267 e. The summed E-state index contributed by atoms with van der Waals surface area (Å²) in [5.41, 5.74) is 4.46. The van der Waals surface area contributed by atoms with Gasteiger partial charge in [-0.1, -0.05) is 43.6 Å². The number of carbonyl (C=O) groups is 1. The van der Waals surface area contributed by atoms with Gasteiger partial charge < -0.3 is 10.6 Å². The van der Waals surface area contributed by atoms with Crippen LogP contribution in [0.1, 0.15) is 36.5 Å². The molecule has 0 atom stereocenters. The predicted molar refractivity (Wildman–Crippen MR) is 107 cm³/mol. The first-order chi connectivity index (χ1) is 12.3. The third-order valence-electron chi connectivity index (χ3n) is 3.99. The van der Waals surface area contributed by atoms with Crippen LogP contribution in [-0.4, -0.2) is 5.91 Å². The maximum absolute atomic E-state index is 12.3. The second-order valence-electron chi connectivity index (χ2n) is 6.48. The first-order valence-corrected chi connectivity index (χ1v) is 8.74. The van der Waals surface area contributed by atoms with Crippen LogP contribution >= 0.6 is 11.6 Å². The molecule has 0 aliphatic carbocycles. The molecule has 4 nitrogen and oxygen atoms in total. The van der Waals surface area contributed by atoms with E-state index >= 15 is 0 Å². The average molecular weight is 368 g/mol. The molecule has 0 radical (unpaired) electrons. The molecule has 0 aliphatic heterocycles. The molecule has 2 aromatic rings. The number of amides is 1. The van der Waals surface area contributed by atoms with Crippen LogP contribution in [0, 0.1) is 25.2 Å². The summed E-state index contributed by atoms with van der Waals surface area (Å²) >= 11 is 6.24. The Bertz CT molecular complexity index is 854. The van der Waals surface area contributed by atoms with Crippen LogP contribution in [-0.2, 0) is 4.79 Å². The summed E-state index contributed by atoms with van der Waals surface area (Å²) < 4.78 is 0. The molecule has 0 saturated heterocycles. The van der Waals surface area contributed by atoms with Crippen LogP contribution in [0.5, 0.6) is 0 Å². The molecule has 0 spiro atoms. The van der Waals surface area contributed by atoms with Crippen molar-refractivity contribution >= 4 is 28.9 Å². The van der Waals surface area contributed by atoms with E-state index in [4.69, 9.17) is 11.6 Å². The van der Waals surface area contributed by atoms with E-state index in [0.29, 0.717) is 22.3 Å². The Balaban J connectivity index is 2.13. The standard InChI is InChI=1S/C21H22ClN3O/c1-13(2)16-5-7-18(8-6-16)25-21(26)17(11-23)12-24-20-15(4)9-14(3)10-19(20)22/h5-10,12-13,24H,1-4H3,(H,25,26)/b17-12-. The van der Waals surface area contributed by atoms with E-state index in [1.54, 1.807) is 0 Å². The van der Waals surface area contributed by atoms with Gasteiger partial charge in [-0.3, -0.25) is 4.79 Å². The molecular weight excluding hydrogens is 346 g/mol. The van der Waals surface area contributed by atoms with E-state index in [9.17, 15) is 10.1 Å². The van der Waals surface area contributed by atoms with E-state index in [1.165, 1.54) is 11.8 Å². The molecule has 2 aromatic carbocycles. The van der Waals surface area contributed by atoms with Crippen molar-refractivity contribution in [3.63, 3.8) is 0 Å². The zero-order valence-corrected chi connectivity index (χ0v) is 16.1. The fourth-order valence-corrected chi connectivity index (χ4v) is 2.92. The molecule has 0 bridgehead atoms. The maximum atomic E-state index is 12.3. The number of benzene rings is 2. The number of halogens is 1. The quantitative estimate of drug-likeness (QED) is 0.538. The molecule has 0 unspecified atom stereocenters. The number of hydrogen-bond donors (Lipinski definition) is 2. The Labute approximate surface area is 159 Å². The van der Waals surface area contributed by atoms with Gasteiger partial charge in [-0.15, -0.1) is 0 Å². The Hall–Kier alpha value is -2.77. The van der Waals surface area contributed by atoms with Crippen molar-refractivity contribution in [3.05, 3.63) is 69.9 Å². The minimum Gasteiger partial charge on any atom is -0.359 e. The van der Waals surface area contributed by atoms with Crippen LogP contribution < -0.4 is 10.6 Å². The predicted octanol–water partition coefficient (Wildman–Crippen LogP) is 5.54. The van der Waals surface area contributed by atoms with Crippen molar-refractivity contribution in [2.45, 2.75) is 33.6 Å². The number of nitriles is 1. The lowest BCUT2D eigenvalue weighted by Crippen LogP contribution is -2.14. The second kappa shape index (κ2) is 8.55. The van der Waals surface area contributed by atoms with Gasteiger partial charge in [0.15, 0.2) is 0 Å². The van der Waals surface area contributed by atoms with Crippen molar-refractivity contribution in [2.75, 3.05) is 10.6 Å². The second-order valence-corrected chi connectivity index (χ2v) is 6.89. The number of anilines is 2. The van der Waals surface area contributed by atoms with Crippen LogP contribution in [0.25, 0.3) is 0 Å². The molecule has 0 aliphatic rings. The summed E-state index contributed by atoms with van der Waals surface area (Å²) in [5.74, 6) is -0.0563. The van der Waals surface area contributed by atoms with Crippen LogP contribution in [0.3, 0.4) is 0 Å². The van der Waals surface area contributed by atoms with Gasteiger partial charge in [-0.05, 0) is 54.7 Å². The van der Waals surface area contributed by atoms with E-state index in [1.807, 2.05) is 56.3 Å². The van der Waals surface area contributed by atoms with Gasteiger partial charge in [0.1, 0.15) is 11.6 Å². The minimum absolute atomic E-state index is 0.0334. The Morgan fingerprint density at radius 1 is 1.19 bits per heavy atom. The molecule has 5 heteroatoms. The summed E-state index contributed by atoms with van der Waals surface area (Å²) in [5, 5.41) is 15.5. The third kappa shape index (κ3) is 4.87. The fourth-order valence-electron chi connectivity index (χ4n) is 2.54. The zero-order valence-electron chi connectivity index (χ0n) is 15.4. The summed E-state index contributed by atoms with van der Waals surface area (Å²) in [6.45, 7) is 8.08. The highest BCUT2D eigenvalue weighted by Gasteiger charge is 2.11. The summed E-state index contributed by atoms with van der Waals surface area (Å²) in [6.07, 6.45) is 1.38. The zero-order chi connectivity index (χ0) is 19.3. The lowest BCUT2D eigenvalue weighted by Gasteiger charge is -2.11. The monoisotopic (exact) mass is 367 g/mol. The molecule has 2 rings (SSSR count). The molecule has 1 amide bonds. The fraction of sp³-hybridized carbons (Fsp3) is 0.238. The largest absolute Gasteiger partial charge is 0.359 e.